The molecular weight excluding hydrogens is 316 g/mol. The smallest absolute Gasteiger partial charge is 0.222 e. The minimum atomic E-state index is -0.772. The third-order valence-corrected chi connectivity index (χ3v) is 4.45. The molecule has 0 spiro atoms. The van der Waals surface area contributed by atoms with Crippen molar-refractivity contribution in [3.8, 4) is 0 Å². The number of carbonyl (C=O) groups excluding carboxylic acids is 2. The zero-order valence-corrected chi connectivity index (χ0v) is 14.1. The number of piperidine rings is 1. The number of benzene rings is 1. The standard InChI is InChI=1S/C17H23ClN2O3/c1-12(21)20-9-3-2-4-15(20)10-17(23)19-11-16(22)13-5-7-14(18)8-6-13/h5-8,15-16,22H,2-4,9-11H2,1H3,(H,19,23). The highest BCUT2D eigenvalue weighted by Gasteiger charge is 2.26. The van der Waals surface area contributed by atoms with E-state index in [1.165, 1.54) is 0 Å². The second-order valence-electron chi connectivity index (χ2n) is 5.94. The average Bonchev–Trinajstić information content (AvgIpc) is 2.53. The summed E-state index contributed by atoms with van der Waals surface area (Å²) in [6, 6.07) is 6.84. The molecule has 23 heavy (non-hydrogen) atoms. The quantitative estimate of drug-likeness (QED) is 0.865. The van der Waals surface area contributed by atoms with E-state index in [0.717, 1.165) is 25.8 Å². The fourth-order valence-electron chi connectivity index (χ4n) is 2.93. The van der Waals surface area contributed by atoms with E-state index in [9.17, 15) is 14.7 Å². The van der Waals surface area contributed by atoms with Gasteiger partial charge in [-0.25, -0.2) is 0 Å². The van der Waals surface area contributed by atoms with Crippen molar-refractivity contribution < 1.29 is 14.7 Å². The summed E-state index contributed by atoms with van der Waals surface area (Å²) < 4.78 is 0. The highest BCUT2D eigenvalue weighted by Crippen LogP contribution is 2.20. The minimum absolute atomic E-state index is 0.0173. The van der Waals surface area contributed by atoms with Gasteiger partial charge in [0, 0.05) is 37.5 Å². The first-order valence-electron chi connectivity index (χ1n) is 7.95. The van der Waals surface area contributed by atoms with Crippen LogP contribution in [0.3, 0.4) is 0 Å². The van der Waals surface area contributed by atoms with E-state index in [2.05, 4.69) is 5.32 Å². The summed E-state index contributed by atoms with van der Waals surface area (Å²) in [6.07, 6.45) is 2.40. The third-order valence-electron chi connectivity index (χ3n) is 4.20. The SMILES string of the molecule is CC(=O)N1CCCCC1CC(=O)NCC(O)c1ccc(Cl)cc1. The Balaban J connectivity index is 1.82. The van der Waals surface area contributed by atoms with E-state index in [0.29, 0.717) is 10.6 Å². The van der Waals surface area contributed by atoms with Gasteiger partial charge < -0.3 is 15.3 Å². The molecule has 0 radical (unpaired) electrons. The van der Waals surface area contributed by atoms with Crippen LogP contribution >= 0.6 is 11.6 Å². The Bertz CT molecular complexity index is 547. The second kappa shape index (κ2) is 8.31. The topological polar surface area (TPSA) is 69.6 Å². The number of rotatable bonds is 5. The summed E-state index contributed by atoms with van der Waals surface area (Å²) in [5.74, 6) is -0.125. The zero-order valence-electron chi connectivity index (χ0n) is 13.3. The molecule has 2 unspecified atom stereocenters. The molecular formula is C17H23ClN2O3. The first-order chi connectivity index (χ1) is 11.0. The number of carbonyl (C=O) groups is 2. The third kappa shape index (κ3) is 5.22. The molecule has 1 heterocycles. The molecule has 2 atom stereocenters. The zero-order chi connectivity index (χ0) is 16.8. The maximum atomic E-state index is 12.1. The van der Waals surface area contributed by atoms with Crippen molar-refractivity contribution in [1.29, 1.82) is 0 Å². The van der Waals surface area contributed by atoms with Gasteiger partial charge in [-0.15, -0.1) is 0 Å². The number of amides is 2. The maximum absolute atomic E-state index is 12.1. The van der Waals surface area contributed by atoms with Crippen LogP contribution in [0.2, 0.25) is 5.02 Å². The Kier molecular flexibility index (Phi) is 6.42. The lowest BCUT2D eigenvalue weighted by Crippen LogP contribution is -2.45. The van der Waals surface area contributed by atoms with Gasteiger partial charge in [0.15, 0.2) is 0 Å². The van der Waals surface area contributed by atoms with E-state index in [1.807, 2.05) is 0 Å². The van der Waals surface area contributed by atoms with Gasteiger partial charge in [0.05, 0.1) is 6.10 Å². The molecule has 0 aliphatic carbocycles. The molecule has 2 amide bonds. The molecule has 1 fully saturated rings. The van der Waals surface area contributed by atoms with E-state index in [1.54, 1.807) is 36.1 Å². The molecule has 0 saturated carbocycles. The van der Waals surface area contributed by atoms with E-state index < -0.39 is 6.10 Å². The fourth-order valence-corrected chi connectivity index (χ4v) is 3.05. The van der Waals surface area contributed by atoms with Crippen molar-refractivity contribution in [2.45, 2.75) is 44.8 Å². The number of halogens is 1. The van der Waals surface area contributed by atoms with Crippen LogP contribution in [0.5, 0.6) is 0 Å². The van der Waals surface area contributed by atoms with Gasteiger partial charge in [-0.3, -0.25) is 9.59 Å². The molecule has 0 aromatic heterocycles. The molecule has 1 aromatic carbocycles. The maximum Gasteiger partial charge on any atom is 0.222 e. The Hall–Kier alpha value is -1.59. The fraction of sp³-hybridized carbons (Fsp3) is 0.529. The van der Waals surface area contributed by atoms with Crippen molar-refractivity contribution in [3.05, 3.63) is 34.9 Å². The molecule has 1 aliphatic heterocycles. The summed E-state index contributed by atoms with van der Waals surface area (Å²) in [7, 11) is 0. The summed E-state index contributed by atoms with van der Waals surface area (Å²) in [5.41, 5.74) is 0.706. The molecule has 0 bridgehead atoms. The first-order valence-corrected chi connectivity index (χ1v) is 8.32. The molecule has 1 aliphatic rings. The monoisotopic (exact) mass is 338 g/mol. The normalized spacial score (nSPS) is 19.3. The highest BCUT2D eigenvalue weighted by atomic mass is 35.5. The number of likely N-dealkylation sites (tertiary alicyclic amines) is 1. The lowest BCUT2D eigenvalue weighted by Gasteiger charge is -2.34. The number of hydrogen-bond donors (Lipinski definition) is 2. The average molecular weight is 339 g/mol. The van der Waals surface area contributed by atoms with Gasteiger partial charge in [-0.1, -0.05) is 23.7 Å². The lowest BCUT2D eigenvalue weighted by molar-refractivity contribution is -0.134. The van der Waals surface area contributed by atoms with Crippen LogP contribution in [-0.4, -0.2) is 41.0 Å². The summed E-state index contributed by atoms with van der Waals surface area (Å²) >= 11 is 5.81. The van der Waals surface area contributed by atoms with Gasteiger partial charge >= 0.3 is 0 Å². The molecule has 1 saturated heterocycles. The van der Waals surface area contributed by atoms with Crippen LogP contribution in [-0.2, 0) is 9.59 Å². The highest BCUT2D eigenvalue weighted by molar-refractivity contribution is 6.30. The second-order valence-corrected chi connectivity index (χ2v) is 6.37. The van der Waals surface area contributed by atoms with Crippen LogP contribution in [0.1, 0.15) is 44.3 Å². The van der Waals surface area contributed by atoms with Gasteiger partial charge in [0.25, 0.3) is 0 Å². The van der Waals surface area contributed by atoms with Crippen LogP contribution in [0.15, 0.2) is 24.3 Å². The van der Waals surface area contributed by atoms with Gasteiger partial charge in [-0.05, 0) is 37.0 Å². The van der Waals surface area contributed by atoms with Gasteiger partial charge in [0.1, 0.15) is 0 Å². The molecule has 2 rings (SSSR count). The van der Waals surface area contributed by atoms with Crippen LogP contribution in [0, 0.1) is 0 Å². The predicted octanol–water partition coefficient (Wildman–Crippen LogP) is 2.28. The number of nitrogens with one attached hydrogen (secondary N) is 1. The van der Waals surface area contributed by atoms with Crippen LogP contribution < -0.4 is 5.32 Å². The summed E-state index contributed by atoms with van der Waals surface area (Å²) in [6.45, 7) is 2.41. The van der Waals surface area contributed by atoms with Crippen molar-refractivity contribution >= 4 is 23.4 Å². The van der Waals surface area contributed by atoms with Gasteiger partial charge in [-0.2, -0.15) is 0 Å². The largest absolute Gasteiger partial charge is 0.387 e. The van der Waals surface area contributed by atoms with Crippen LogP contribution in [0.25, 0.3) is 0 Å². The minimum Gasteiger partial charge on any atom is -0.387 e. The number of nitrogens with zero attached hydrogens (tertiary/aromatic N) is 1. The van der Waals surface area contributed by atoms with Crippen LogP contribution in [0.4, 0.5) is 0 Å². The van der Waals surface area contributed by atoms with Crippen molar-refractivity contribution in [2.75, 3.05) is 13.1 Å². The van der Waals surface area contributed by atoms with Gasteiger partial charge in [0.2, 0.25) is 11.8 Å². The van der Waals surface area contributed by atoms with Crippen molar-refractivity contribution in [1.82, 2.24) is 10.2 Å². The molecule has 126 valence electrons. The Morgan fingerprint density at radius 2 is 2.04 bits per heavy atom. The molecule has 6 heteroatoms. The van der Waals surface area contributed by atoms with Crippen molar-refractivity contribution in [3.63, 3.8) is 0 Å². The predicted molar refractivity (Wildman–Crippen MR) is 89.1 cm³/mol. The molecule has 2 N–H and O–H groups in total. The summed E-state index contributed by atoms with van der Waals surface area (Å²) in [5, 5.41) is 13.4. The Labute approximate surface area is 141 Å². The van der Waals surface area contributed by atoms with Crippen molar-refractivity contribution in [2.24, 2.45) is 0 Å². The summed E-state index contributed by atoms with van der Waals surface area (Å²) in [4.78, 5) is 25.5. The first kappa shape index (κ1) is 17.8. The Morgan fingerprint density at radius 1 is 1.35 bits per heavy atom. The Morgan fingerprint density at radius 3 is 2.70 bits per heavy atom. The van der Waals surface area contributed by atoms with E-state index in [-0.39, 0.29) is 30.8 Å². The number of hydrogen-bond acceptors (Lipinski definition) is 3. The van der Waals surface area contributed by atoms with E-state index >= 15 is 0 Å². The lowest BCUT2D eigenvalue weighted by atomic mass is 9.99. The number of aliphatic hydroxyl groups excluding tert-OH is 1. The molecule has 1 aromatic rings. The molecule has 5 nitrogen and oxygen atoms in total. The van der Waals surface area contributed by atoms with E-state index in [4.69, 9.17) is 11.6 Å². The number of aliphatic hydroxyl groups is 1.